The molecule has 17 heteroatoms. The van der Waals surface area contributed by atoms with E-state index < -0.39 is 64.1 Å². The molecule has 1 fully saturated rings. The van der Waals surface area contributed by atoms with Crippen molar-refractivity contribution in [3.63, 3.8) is 0 Å². The lowest BCUT2D eigenvalue weighted by atomic mass is 9.56. The predicted octanol–water partition coefficient (Wildman–Crippen LogP) is 7.83. The van der Waals surface area contributed by atoms with Gasteiger partial charge in [-0.25, -0.2) is 24.5 Å². The SMILES string of the molecule is COC(=O)C1(C)C(c2ccccn2)N(Cc2cccc(-c3cccc(C(=O)OC(C)(C)C)n3)n2)C(c2ccccn2)C(CNCc2cccc(C(=O)OC(C)(C)C)n2)(C(=O)OC)C1OCc1ccc(N)cc1. The predicted molar refractivity (Wildman–Crippen MR) is 267 cm³/mol. The molecule has 0 spiro atoms. The minimum absolute atomic E-state index is 0.0163. The van der Waals surface area contributed by atoms with Crippen LogP contribution in [-0.4, -0.2) is 91.8 Å². The minimum atomic E-state index is -1.87. The van der Waals surface area contributed by atoms with Crippen molar-refractivity contribution in [3.05, 3.63) is 167 Å². The third-order valence-electron chi connectivity index (χ3n) is 12.2. The number of nitrogens with one attached hydrogen (secondary N) is 1. The highest BCUT2D eigenvalue weighted by Crippen LogP contribution is 2.61. The standard InChI is InChI=1S/C55H62N8O9/c1-52(2,3)71-47(64)43-23-14-17-37(60-43)31-57-34-55(51(67)69-9)46(42-20-11-13-30-59-42)63(32-38-18-15-21-39(61-38)40-22-16-24-44(62-40)48(65)72-53(4,5)6)45(41-19-10-12-29-58-41)54(7,50(66)68-8)49(55)70-33-35-25-27-36(56)28-26-35/h10-30,45-46,49,57H,31-34,56H2,1-9H3. The van der Waals surface area contributed by atoms with Crippen molar-refractivity contribution in [3.8, 4) is 11.4 Å². The van der Waals surface area contributed by atoms with Crippen LogP contribution in [0.15, 0.2) is 128 Å². The van der Waals surface area contributed by atoms with E-state index in [0.717, 1.165) is 0 Å². The molecule has 0 aliphatic carbocycles. The summed E-state index contributed by atoms with van der Waals surface area (Å²) in [6.45, 7) is 12.2. The number of piperidine rings is 1. The Balaban J connectivity index is 1.44. The number of carbonyl (C=O) groups excluding carboxylic acids is 4. The molecule has 0 saturated carbocycles. The molecule has 5 atom stereocenters. The zero-order valence-corrected chi connectivity index (χ0v) is 42.1. The van der Waals surface area contributed by atoms with Crippen LogP contribution in [0.2, 0.25) is 0 Å². The summed E-state index contributed by atoms with van der Waals surface area (Å²) < 4.78 is 30.0. The lowest BCUT2D eigenvalue weighted by Gasteiger charge is -2.61. The van der Waals surface area contributed by atoms with Crippen LogP contribution in [0.4, 0.5) is 5.69 Å². The fourth-order valence-corrected chi connectivity index (χ4v) is 9.34. The number of hydrogen-bond acceptors (Lipinski definition) is 17. The van der Waals surface area contributed by atoms with E-state index in [0.29, 0.717) is 45.4 Å². The van der Waals surface area contributed by atoms with Crippen molar-refractivity contribution < 1.29 is 42.9 Å². The Morgan fingerprint density at radius 2 is 1.18 bits per heavy atom. The molecular weight excluding hydrogens is 917 g/mol. The quantitative estimate of drug-likeness (QED) is 0.0536. The lowest BCUT2D eigenvalue weighted by Crippen LogP contribution is -2.71. The highest BCUT2D eigenvalue weighted by atomic mass is 16.6. The topological polar surface area (TPSA) is 220 Å². The Bertz CT molecular complexity index is 2860. The van der Waals surface area contributed by atoms with E-state index in [-0.39, 0.29) is 37.6 Å². The van der Waals surface area contributed by atoms with Crippen LogP contribution in [0.5, 0.6) is 0 Å². The number of benzene rings is 1. The molecule has 0 radical (unpaired) electrons. The van der Waals surface area contributed by atoms with Crippen molar-refractivity contribution in [2.45, 2.75) is 97.6 Å². The molecule has 1 aliphatic rings. The summed E-state index contributed by atoms with van der Waals surface area (Å²) >= 11 is 0. The first kappa shape index (κ1) is 52.4. The second-order valence-electron chi connectivity index (χ2n) is 19.8. The Morgan fingerprint density at radius 1 is 0.639 bits per heavy atom. The molecule has 72 heavy (non-hydrogen) atoms. The van der Waals surface area contributed by atoms with Crippen molar-refractivity contribution in [1.29, 1.82) is 0 Å². The lowest BCUT2D eigenvalue weighted by molar-refractivity contribution is -0.239. The molecule has 1 saturated heterocycles. The molecule has 0 amide bonds. The number of rotatable bonds is 16. The first-order chi connectivity index (χ1) is 34.3. The maximum absolute atomic E-state index is 15.6. The fourth-order valence-electron chi connectivity index (χ4n) is 9.34. The molecule has 5 aromatic heterocycles. The summed E-state index contributed by atoms with van der Waals surface area (Å²) in [5, 5.41) is 3.47. The van der Waals surface area contributed by atoms with Gasteiger partial charge in [-0.3, -0.25) is 24.5 Å². The molecule has 3 N–H and O–H groups in total. The van der Waals surface area contributed by atoms with Gasteiger partial charge in [-0.05, 0) is 127 Å². The maximum Gasteiger partial charge on any atom is 0.357 e. The summed E-state index contributed by atoms with van der Waals surface area (Å²) in [6.07, 6.45) is 1.91. The van der Waals surface area contributed by atoms with E-state index in [1.54, 1.807) is 128 Å². The molecule has 376 valence electrons. The van der Waals surface area contributed by atoms with Gasteiger partial charge in [0.1, 0.15) is 33.4 Å². The van der Waals surface area contributed by atoms with Gasteiger partial charge < -0.3 is 34.7 Å². The van der Waals surface area contributed by atoms with Crippen LogP contribution in [0.3, 0.4) is 0 Å². The first-order valence-electron chi connectivity index (χ1n) is 23.5. The second kappa shape index (κ2) is 21.9. The van der Waals surface area contributed by atoms with Gasteiger partial charge in [0.05, 0.1) is 73.2 Å². The number of aromatic nitrogens is 5. The van der Waals surface area contributed by atoms with Crippen LogP contribution < -0.4 is 11.1 Å². The number of nitrogens with zero attached hydrogens (tertiary/aromatic N) is 6. The average molecular weight is 979 g/mol. The van der Waals surface area contributed by atoms with Gasteiger partial charge in [0, 0.05) is 37.7 Å². The van der Waals surface area contributed by atoms with E-state index in [4.69, 9.17) is 44.4 Å². The Labute approximate surface area is 419 Å². The number of hydrogen-bond donors (Lipinski definition) is 2. The molecular formula is C55H62N8O9. The number of anilines is 1. The zero-order chi connectivity index (χ0) is 51.8. The van der Waals surface area contributed by atoms with Crippen LogP contribution in [0.25, 0.3) is 11.4 Å². The van der Waals surface area contributed by atoms with E-state index in [1.165, 1.54) is 14.2 Å². The van der Waals surface area contributed by atoms with Gasteiger partial charge in [-0.15, -0.1) is 0 Å². The number of ether oxygens (including phenoxy) is 5. The Hall–Kier alpha value is -7.47. The number of methoxy groups -OCH3 is 2. The molecule has 17 nitrogen and oxygen atoms in total. The van der Waals surface area contributed by atoms with E-state index in [1.807, 2.05) is 53.4 Å². The van der Waals surface area contributed by atoms with Crippen LogP contribution in [0.1, 0.15) is 110 Å². The van der Waals surface area contributed by atoms with Crippen LogP contribution in [0, 0.1) is 10.8 Å². The van der Waals surface area contributed by atoms with Gasteiger partial charge in [0.15, 0.2) is 0 Å². The molecule has 1 aromatic carbocycles. The fraction of sp³-hybridized carbons (Fsp3) is 0.364. The number of esters is 4. The molecule has 7 rings (SSSR count). The van der Waals surface area contributed by atoms with Gasteiger partial charge in [-0.1, -0.05) is 42.5 Å². The monoisotopic (exact) mass is 978 g/mol. The zero-order valence-electron chi connectivity index (χ0n) is 42.1. The van der Waals surface area contributed by atoms with Gasteiger partial charge in [-0.2, -0.15) is 0 Å². The number of nitrogens with two attached hydrogens (primary N) is 1. The summed E-state index contributed by atoms with van der Waals surface area (Å²) in [4.78, 5) is 83.3. The van der Waals surface area contributed by atoms with Crippen LogP contribution in [-0.2, 0) is 53.0 Å². The van der Waals surface area contributed by atoms with E-state index in [9.17, 15) is 9.59 Å². The maximum atomic E-state index is 15.6. The number of likely N-dealkylation sites (tertiary alicyclic amines) is 1. The van der Waals surface area contributed by atoms with E-state index >= 15 is 9.59 Å². The van der Waals surface area contributed by atoms with Crippen molar-refractivity contribution >= 4 is 29.6 Å². The van der Waals surface area contributed by atoms with Crippen molar-refractivity contribution in [2.75, 3.05) is 26.5 Å². The number of pyridine rings is 5. The van der Waals surface area contributed by atoms with Crippen LogP contribution >= 0.6 is 0 Å². The summed E-state index contributed by atoms with van der Waals surface area (Å²) in [5.74, 6) is -2.61. The minimum Gasteiger partial charge on any atom is -0.468 e. The third-order valence-corrected chi connectivity index (χ3v) is 12.2. The molecule has 6 aromatic rings. The Morgan fingerprint density at radius 3 is 1.75 bits per heavy atom. The molecule has 0 bridgehead atoms. The smallest absolute Gasteiger partial charge is 0.357 e. The molecule has 5 unspecified atom stereocenters. The molecule has 1 aliphatic heterocycles. The first-order valence-corrected chi connectivity index (χ1v) is 23.5. The van der Waals surface area contributed by atoms with Crippen molar-refractivity contribution in [2.24, 2.45) is 10.8 Å². The number of carbonyl (C=O) groups is 4. The number of nitrogen functional groups attached to an aromatic ring is 1. The van der Waals surface area contributed by atoms with Crippen molar-refractivity contribution in [1.82, 2.24) is 35.1 Å². The highest BCUT2D eigenvalue weighted by Gasteiger charge is 2.72. The Kier molecular flexibility index (Phi) is 15.9. The van der Waals surface area contributed by atoms with Gasteiger partial charge in [0.25, 0.3) is 0 Å². The van der Waals surface area contributed by atoms with Gasteiger partial charge in [0.2, 0.25) is 0 Å². The summed E-state index contributed by atoms with van der Waals surface area (Å²) in [5.41, 5.74) is 5.15. The average Bonchev–Trinajstić information content (AvgIpc) is 3.36. The highest BCUT2D eigenvalue weighted by molar-refractivity contribution is 5.88. The summed E-state index contributed by atoms with van der Waals surface area (Å²) in [6, 6.07) is 31.3. The van der Waals surface area contributed by atoms with E-state index in [2.05, 4.69) is 15.3 Å². The normalized spacial score (nSPS) is 20.3. The van der Waals surface area contributed by atoms with Gasteiger partial charge >= 0.3 is 23.9 Å². The summed E-state index contributed by atoms with van der Waals surface area (Å²) in [7, 11) is 2.58. The molecule has 6 heterocycles. The third kappa shape index (κ3) is 11.7. The second-order valence-corrected chi connectivity index (χ2v) is 19.8. The largest absolute Gasteiger partial charge is 0.468 e.